The first-order chi connectivity index (χ1) is 15.3. The Hall–Kier alpha value is -2.46. The van der Waals surface area contributed by atoms with Crippen molar-refractivity contribution in [2.75, 3.05) is 43.1 Å². The molecule has 3 N–H and O–H groups in total. The molecule has 8 nitrogen and oxygen atoms in total. The van der Waals surface area contributed by atoms with E-state index in [0.29, 0.717) is 40.5 Å². The van der Waals surface area contributed by atoms with Gasteiger partial charge in [0.1, 0.15) is 12.6 Å². The van der Waals surface area contributed by atoms with Gasteiger partial charge in [0.2, 0.25) is 5.91 Å². The lowest BCUT2D eigenvalue weighted by atomic mass is 10.2. The SMILES string of the molecule is CC(C)CN[C@H](CNC(=O)c1ccc(Cl)s1)C(=O)Nc1ccc(N2CCOCC2=O)cc1. The lowest BCUT2D eigenvalue weighted by Crippen LogP contribution is -2.49. The van der Waals surface area contributed by atoms with Crippen molar-refractivity contribution in [2.24, 2.45) is 5.92 Å². The molecule has 1 atom stereocenters. The van der Waals surface area contributed by atoms with E-state index < -0.39 is 6.04 Å². The molecule has 0 spiro atoms. The molecule has 0 bridgehead atoms. The van der Waals surface area contributed by atoms with Gasteiger partial charge in [0.25, 0.3) is 11.8 Å². The summed E-state index contributed by atoms with van der Waals surface area (Å²) in [4.78, 5) is 39.4. The smallest absolute Gasteiger partial charge is 0.261 e. The zero-order chi connectivity index (χ0) is 23.1. The summed E-state index contributed by atoms with van der Waals surface area (Å²) in [6.45, 7) is 5.91. The third kappa shape index (κ3) is 6.77. The van der Waals surface area contributed by atoms with Gasteiger partial charge < -0.3 is 25.6 Å². The monoisotopic (exact) mass is 478 g/mol. The Kier molecular flexibility index (Phi) is 8.63. The van der Waals surface area contributed by atoms with Crippen molar-refractivity contribution in [1.29, 1.82) is 0 Å². The van der Waals surface area contributed by atoms with E-state index in [-0.39, 0.29) is 30.9 Å². The summed E-state index contributed by atoms with van der Waals surface area (Å²) in [6.07, 6.45) is 0. The zero-order valence-corrected chi connectivity index (χ0v) is 19.6. The van der Waals surface area contributed by atoms with Gasteiger partial charge in [-0.15, -0.1) is 11.3 Å². The lowest BCUT2D eigenvalue weighted by Gasteiger charge is -2.27. The Bertz CT molecular complexity index is 948. The van der Waals surface area contributed by atoms with Crippen LogP contribution < -0.4 is 20.9 Å². The lowest BCUT2D eigenvalue weighted by molar-refractivity contribution is -0.125. The fraction of sp³-hybridized carbons (Fsp3) is 0.409. The number of rotatable bonds is 9. The molecule has 1 aliphatic heterocycles. The highest BCUT2D eigenvalue weighted by Gasteiger charge is 2.22. The van der Waals surface area contributed by atoms with Crippen LogP contribution in [-0.2, 0) is 14.3 Å². The Morgan fingerprint density at radius 1 is 1.16 bits per heavy atom. The minimum Gasteiger partial charge on any atom is -0.370 e. The molecule has 1 aromatic heterocycles. The first-order valence-electron chi connectivity index (χ1n) is 10.4. The fourth-order valence-electron chi connectivity index (χ4n) is 3.10. The van der Waals surface area contributed by atoms with Crippen LogP contribution >= 0.6 is 22.9 Å². The van der Waals surface area contributed by atoms with Crippen LogP contribution in [-0.4, -0.2) is 56.6 Å². The number of ether oxygens (including phenoxy) is 1. The number of carbonyl (C=O) groups excluding carboxylic acids is 3. The number of hydrogen-bond donors (Lipinski definition) is 3. The van der Waals surface area contributed by atoms with E-state index in [1.807, 2.05) is 13.8 Å². The minimum atomic E-state index is -0.614. The number of benzene rings is 1. The van der Waals surface area contributed by atoms with E-state index in [9.17, 15) is 14.4 Å². The van der Waals surface area contributed by atoms with Crippen molar-refractivity contribution >= 4 is 52.0 Å². The molecule has 1 saturated heterocycles. The van der Waals surface area contributed by atoms with Crippen LogP contribution in [0.1, 0.15) is 23.5 Å². The first-order valence-corrected chi connectivity index (χ1v) is 11.6. The molecule has 0 saturated carbocycles. The predicted molar refractivity (Wildman–Crippen MR) is 127 cm³/mol. The van der Waals surface area contributed by atoms with Crippen molar-refractivity contribution < 1.29 is 19.1 Å². The third-order valence-electron chi connectivity index (χ3n) is 4.79. The Balaban J connectivity index is 1.61. The van der Waals surface area contributed by atoms with Crippen LogP contribution in [0.3, 0.4) is 0 Å². The van der Waals surface area contributed by atoms with Gasteiger partial charge in [0, 0.05) is 24.5 Å². The normalized spacial score (nSPS) is 15.0. The maximum atomic E-state index is 12.9. The Morgan fingerprint density at radius 2 is 1.91 bits per heavy atom. The molecule has 1 aromatic carbocycles. The van der Waals surface area contributed by atoms with E-state index in [1.54, 1.807) is 41.3 Å². The second-order valence-electron chi connectivity index (χ2n) is 7.80. The molecule has 1 aliphatic rings. The molecule has 2 heterocycles. The van der Waals surface area contributed by atoms with E-state index >= 15 is 0 Å². The van der Waals surface area contributed by atoms with E-state index in [0.717, 1.165) is 5.69 Å². The standard InChI is InChI=1S/C22H27ClN4O4S/c1-14(2)11-24-17(12-25-22(30)18-7-8-19(23)32-18)21(29)26-15-3-5-16(6-4-15)27-9-10-31-13-20(27)28/h3-8,14,17,24H,9-13H2,1-2H3,(H,25,30)(H,26,29)/t17-/m1/s1. The van der Waals surface area contributed by atoms with Gasteiger partial charge in [0.05, 0.1) is 15.8 Å². The van der Waals surface area contributed by atoms with Crippen LogP contribution in [0.25, 0.3) is 0 Å². The second-order valence-corrected chi connectivity index (χ2v) is 9.52. The maximum absolute atomic E-state index is 12.9. The predicted octanol–water partition coefficient (Wildman–Crippen LogP) is 2.75. The number of carbonyl (C=O) groups is 3. The van der Waals surface area contributed by atoms with Crippen molar-refractivity contribution in [1.82, 2.24) is 10.6 Å². The van der Waals surface area contributed by atoms with Crippen LogP contribution in [0.4, 0.5) is 11.4 Å². The van der Waals surface area contributed by atoms with Gasteiger partial charge >= 0.3 is 0 Å². The number of amides is 3. The third-order valence-corrected chi connectivity index (χ3v) is 6.01. The topological polar surface area (TPSA) is 99.8 Å². The maximum Gasteiger partial charge on any atom is 0.261 e. The van der Waals surface area contributed by atoms with Gasteiger partial charge in [-0.2, -0.15) is 0 Å². The molecule has 3 amide bonds. The average molecular weight is 479 g/mol. The van der Waals surface area contributed by atoms with Gasteiger partial charge in [-0.25, -0.2) is 0 Å². The fourth-order valence-corrected chi connectivity index (χ4v) is 4.06. The summed E-state index contributed by atoms with van der Waals surface area (Å²) >= 11 is 7.08. The molecule has 2 aromatic rings. The number of nitrogens with zero attached hydrogens (tertiary/aromatic N) is 1. The number of nitrogens with one attached hydrogen (secondary N) is 3. The highest BCUT2D eigenvalue weighted by molar-refractivity contribution is 7.18. The first kappa shape index (κ1) is 24.2. The summed E-state index contributed by atoms with van der Waals surface area (Å²) in [5.41, 5.74) is 1.36. The largest absolute Gasteiger partial charge is 0.370 e. The molecule has 172 valence electrons. The Labute approximate surface area is 196 Å². The Morgan fingerprint density at radius 3 is 2.53 bits per heavy atom. The summed E-state index contributed by atoms with van der Waals surface area (Å²) in [7, 11) is 0. The van der Waals surface area contributed by atoms with Gasteiger partial charge in [-0.3, -0.25) is 14.4 Å². The van der Waals surface area contributed by atoms with Crippen LogP contribution in [0, 0.1) is 5.92 Å². The second kappa shape index (κ2) is 11.4. The molecule has 3 rings (SSSR count). The van der Waals surface area contributed by atoms with E-state index in [4.69, 9.17) is 16.3 Å². The number of hydrogen-bond acceptors (Lipinski definition) is 6. The molecule has 0 aliphatic carbocycles. The number of halogens is 1. The van der Waals surface area contributed by atoms with E-state index in [2.05, 4.69) is 16.0 Å². The van der Waals surface area contributed by atoms with Gasteiger partial charge in [-0.05, 0) is 48.9 Å². The average Bonchev–Trinajstić information content (AvgIpc) is 3.21. The van der Waals surface area contributed by atoms with Crippen LogP contribution in [0.5, 0.6) is 0 Å². The zero-order valence-electron chi connectivity index (χ0n) is 18.0. The summed E-state index contributed by atoms with van der Waals surface area (Å²) in [5.74, 6) is -0.285. The van der Waals surface area contributed by atoms with Crippen LogP contribution in [0.15, 0.2) is 36.4 Å². The minimum absolute atomic E-state index is 0.0745. The van der Waals surface area contributed by atoms with Crippen molar-refractivity contribution in [3.63, 3.8) is 0 Å². The highest BCUT2D eigenvalue weighted by atomic mass is 35.5. The number of thiophene rings is 1. The molecular weight excluding hydrogens is 452 g/mol. The van der Waals surface area contributed by atoms with E-state index in [1.165, 1.54) is 11.3 Å². The van der Waals surface area contributed by atoms with Crippen molar-refractivity contribution in [3.05, 3.63) is 45.6 Å². The van der Waals surface area contributed by atoms with Gasteiger partial charge in [-0.1, -0.05) is 25.4 Å². The molecular formula is C22H27ClN4O4S. The van der Waals surface area contributed by atoms with Crippen molar-refractivity contribution in [3.8, 4) is 0 Å². The highest BCUT2D eigenvalue weighted by Crippen LogP contribution is 2.21. The summed E-state index contributed by atoms with van der Waals surface area (Å²) in [5, 5.41) is 8.87. The summed E-state index contributed by atoms with van der Waals surface area (Å²) < 4.78 is 5.69. The molecule has 0 radical (unpaired) electrons. The summed E-state index contributed by atoms with van der Waals surface area (Å²) in [6, 6.07) is 9.78. The molecule has 0 unspecified atom stereocenters. The van der Waals surface area contributed by atoms with Gasteiger partial charge in [0.15, 0.2) is 0 Å². The van der Waals surface area contributed by atoms with Crippen molar-refractivity contribution in [2.45, 2.75) is 19.9 Å². The van der Waals surface area contributed by atoms with Crippen LogP contribution in [0.2, 0.25) is 4.34 Å². The molecule has 32 heavy (non-hydrogen) atoms. The molecule has 10 heteroatoms. The quantitative estimate of drug-likeness (QED) is 0.514. The molecule has 1 fully saturated rings. The number of anilines is 2. The number of morpholine rings is 1.